The Bertz CT molecular complexity index is 754. The Labute approximate surface area is 155 Å². The Morgan fingerprint density at radius 2 is 2.04 bits per heavy atom. The predicted octanol–water partition coefficient (Wildman–Crippen LogP) is 5.50. The van der Waals surface area contributed by atoms with Crippen molar-refractivity contribution < 1.29 is 9.53 Å². The number of hydrogen-bond donors (Lipinski definition) is 1. The summed E-state index contributed by atoms with van der Waals surface area (Å²) in [7, 11) is 0. The van der Waals surface area contributed by atoms with Gasteiger partial charge < -0.3 is 10.1 Å². The molecule has 1 aliphatic rings. The standard InChI is InChI=1S/C18H17Cl2NO2S/c1-2-23-18(22)21-16-9-11-5-3-4-6-13(11)17(16)24-12-7-8-14(19)15(20)10-12/h3-8,10,16-17H,2,9H2,1H3,(H,21,22)/t16-,17-/m0/s1. The second-order valence-electron chi connectivity index (χ2n) is 5.49. The smallest absolute Gasteiger partial charge is 0.407 e. The van der Waals surface area contributed by atoms with Gasteiger partial charge in [-0.3, -0.25) is 0 Å². The first-order chi connectivity index (χ1) is 11.6. The van der Waals surface area contributed by atoms with E-state index in [1.54, 1.807) is 24.8 Å². The van der Waals surface area contributed by atoms with Crippen molar-refractivity contribution in [3.05, 3.63) is 63.6 Å². The summed E-state index contributed by atoms with van der Waals surface area (Å²) in [5.74, 6) is 0. The van der Waals surface area contributed by atoms with Gasteiger partial charge in [-0.05, 0) is 42.7 Å². The Hall–Kier alpha value is -1.36. The molecule has 0 saturated heterocycles. The third kappa shape index (κ3) is 3.82. The summed E-state index contributed by atoms with van der Waals surface area (Å²) in [6.07, 6.45) is 0.406. The largest absolute Gasteiger partial charge is 0.450 e. The molecule has 3 rings (SSSR count). The first-order valence-corrected chi connectivity index (χ1v) is 9.35. The van der Waals surface area contributed by atoms with E-state index in [9.17, 15) is 4.79 Å². The number of nitrogens with one attached hydrogen (secondary N) is 1. The maximum atomic E-state index is 11.9. The molecule has 0 aromatic heterocycles. The van der Waals surface area contributed by atoms with E-state index in [4.69, 9.17) is 27.9 Å². The van der Waals surface area contributed by atoms with E-state index >= 15 is 0 Å². The number of benzene rings is 2. The molecule has 0 aliphatic heterocycles. The first kappa shape index (κ1) is 17.5. The van der Waals surface area contributed by atoms with Crippen LogP contribution in [0, 0.1) is 0 Å². The van der Waals surface area contributed by atoms with Crippen molar-refractivity contribution in [2.24, 2.45) is 0 Å². The van der Waals surface area contributed by atoms with Gasteiger partial charge in [-0.15, -0.1) is 11.8 Å². The van der Waals surface area contributed by atoms with Crippen LogP contribution in [0.3, 0.4) is 0 Å². The number of thioether (sulfide) groups is 1. The SMILES string of the molecule is CCOC(=O)N[C@H]1Cc2ccccc2[C@@H]1Sc1ccc(Cl)c(Cl)c1. The highest BCUT2D eigenvalue weighted by Crippen LogP contribution is 2.45. The van der Waals surface area contributed by atoms with Crippen LogP contribution in [0.15, 0.2) is 47.4 Å². The maximum Gasteiger partial charge on any atom is 0.407 e. The molecule has 1 amide bonds. The Morgan fingerprint density at radius 1 is 1.25 bits per heavy atom. The Kier molecular flexibility index (Phi) is 5.59. The highest BCUT2D eigenvalue weighted by molar-refractivity contribution is 7.99. The summed E-state index contributed by atoms with van der Waals surface area (Å²) >= 11 is 13.8. The van der Waals surface area contributed by atoms with Crippen LogP contribution in [-0.4, -0.2) is 18.7 Å². The molecule has 0 bridgehead atoms. The second-order valence-corrected chi connectivity index (χ2v) is 7.52. The summed E-state index contributed by atoms with van der Waals surface area (Å²) in [5, 5.41) is 4.15. The van der Waals surface area contributed by atoms with Crippen molar-refractivity contribution in [1.29, 1.82) is 0 Å². The molecule has 2 atom stereocenters. The summed E-state index contributed by atoms with van der Waals surface area (Å²) in [4.78, 5) is 12.9. The molecule has 0 radical (unpaired) electrons. The van der Waals surface area contributed by atoms with Gasteiger partial charge >= 0.3 is 6.09 Å². The van der Waals surface area contributed by atoms with Crippen molar-refractivity contribution >= 4 is 41.1 Å². The van der Waals surface area contributed by atoms with Crippen molar-refractivity contribution in [2.75, 3.05) is 6.61 Å². The molecule has 24 heavy (non-hydrogen) atoms. The lowest BCUT2D eigenvalue weighted by Crippen LogP contribution is -2.37. The second kappa shape index (κ2) is 7.68. The lowest BCUT2D eigenvalue weighted by molar-refractivity contribution is 0.148. The number of halogens is 2. The topological polar surface area (TPSA) is 38.3 Å². The fraction of sp³-hybridized carbons (Fsp3) is 0.278. The lowest BCUT2D eigenvalue weighted by atomic mass is 10.1. The average molecular weight is 382 g/mol. The van der Waals surface area contributed by atoms with Crippen LogP contribution in [0.4, 0.5) is 4.79 Å². The van der Waals surface area contributed by atoms with Crippen molar-refractivity contribution in [3.8, 4) is 0 Å². The molecule has 0 unspecified atom stereocenters. The zero-order valence-electron chi connectivity index (χ0n) is 13.1. The van der Waals surface area contributed by atoms with Crippen molar-refractivity contribution in [3.63, 3.8) is 0 Å². The van der Waals surface area contributed by atoms with Gasteiger partial charge in [0, 0.05) is 4.90 Å². The number of carbonyl (C=O) groups is 1. The normalized spacial score (nSPS) is 19.0. The van der Waals surface area contributed by atoms with E-state index in [0.717, 1.165) is 11.3 Å². The number of ether oxygens (including phenoxy) is 1. The number of rotatable bonds is 4. The molecule has 0 fully saturated rings. The van der Waals surface area contributed by atoms with E-state index in [-0.39, 0.29) is 17.4 Å². The minimum Gasteiger partial charge on any atom is -0.450 e. The van der Waals surface area contributed by atoms with Crippen LogP contribution in [0.2, 0.25) is 10.0 Å². The zero-order valence-corrected chi connectivity index (χ0v) is 15.4. The third-order valence-electron chi connectivity index (χ3n) is 3.90. The summed E-state index contributed by atoms with van der Waals surface area (Å²) in [6, 6.07) is 13.8. The number of hydrogen-bond acceptors (Lipinski definition) is 3. The highest BCUT2D eigenvalue weighted by atomic mass is 35.5. The molecule has 6 heteroatoms. The maximum absolute atomic E-state index is 11.9. The summed E-state index contributed by atoms with van der Waals surface area (Å²) in [5.41, 5.74) is 2.48. The molecular formula is C18H17Cl2NO2S. The zero-order chi connectivity index (χ0) is 17.1. The summed E-state index contributed by atoms with van der Waals surface area (Å²) < 4.78 is 5.04. The summed E-state index contributed by atoms with van der Waals surface area (Å²) in [6.45, 7) is 2.15. The van der Waals surface area contributed by atoms with Crippen LogP contribution < -0.4 is 5.32 Å². The van der Waals surface area contributed by atoms with Crippen LogP contribution in [0.25, 0.3) is 0 Å². The molecular weight excluding hydrogens is 365 g/mol. The van der Waals surface area contributed by atoms with Crippen LogP contribution in [0.1, 0.15) is 23.3 Å². The van der Waals surface area contributed by atoms with E-state index < -0.39 is 0 Å². The number of amides is 1. The van der Waals surface area contributed by atoms with Crippen molar-refractivity contribution in [1.82, 2.24) is 5.32 Å². The molecule has 2 aromatic carbocycles. The van der Waals surface area contributed by atoms with Gasteiger partial charge in [-0.1, -0.05) is 47.5 Å². The van der Waals surface area contributed by atoms with Gasteiger partial charge in [0.2, 0.25) is 0 Å². The van der Waals surface area contributed by atoms with Gasteiger partial charge in [-0.2, -0.15) is 0 Å². The molecule has 126 valence electrons. The molecule has 1 aliphatic carbocycles. The monoisotopic (exact) mass is 381 g/mol. The molecule has 1 N–H and O–H groups in total. The van der Waals surface area contributed by atoms with Gasteiger partial charge in [0.1, 0.15) is 0 Å². The molecule has 0 spiro atoms. The predicted molar refractivity (Wildman–Crippen MR) is 99.2 cm³/mol. The number of carbonyl (C=O) groups excluding carboxylic acids is 1. The third-order valence-corrected chi connectivity index (χ3v) is 6.00. The minimum atomic E-state index is -0.380. The Balaban J connectivity index is 1.84. The number of fused-ring (bicyclic) bond motifs is 1. The minimum absolute atomic E-state index is 0.0269. The lowest BCUT2D eigenvalue weighted by Gasteiger charge is -2.21. The van der Waals surface area contributed by atoms with Gasteiger partial charge in [0.05, 0.1) is 27.9 Å². The van der Waals surface area contributed by atoms with E-state index in [0.29, 0.717) is 16.7 Å². The van der Waals surface area contributed by atoms with Crippen molar-refractivity contribution in [2.45, 2.75) is 29.5 Å². The highest BCUT2D eigenvalue weighted by Gasteiger charge is 2.34. The number of alkyl carbamates (subject to hydrolysis) is 1. The fourth-order valence-electron chi connectivity index (χ4n) is 2.85. The Morgan fingerprint density at radius 3 is 2.79 bits per heavy atom. The van der Waals surface area contributed by atoms with E-state index in [2.05, 4.69) is 17.4 Å². The molecule has 0 heterocycles. The van der Waals surface area contributed by atoms with Gasteiger partial charge in [0.15, 0.2) is 0 Å². The first-order valence-electron chi connectivity index (χ1n) is 7.71. The quantitative estimate of drug-likeness (QED) is 0.759. The van der Waals surface area contributed by atoms with E-state index in [1.807, 2.05) is 24.3 Å². The average Bonchev–Trinajstić information content (AvgIpc) is 2.89. The van der Waals surface area contributed by atoms with Gasteiger partial charge in [-0.25, -0.2) is 4.79 Å². The fourth-order valence-corrected chi connectivity index (χ4v) is 4.53. The van der Waals surface area contributed by atoms with E-state index in [1.165, 1.54) is 11.1 Å². The molecule has 0 saturated carbocycles. The molecule has 3 nitrogen and oxygen atoms in total. The molecule has 2 aromatic rings. The van der Waals surface area contributed by atoms with Crippen LogP contribution in [0.5, 0.6) is 0 Å². The van der Waals surface area contributed by atoms with Gasteiger partial charge in [0.25, 0.3) is 0 Å². The van der Waals surface area contributed by atoms with Crippen LogP contribution in [-0.2, 0) is 11.2 Å². The van der Waals surface area contributed by atoms with Crippen LogP contribution >= 0.6 is 35.0 Å².